The van der Waals surface area contributed by atoms with E-state index in [9.17, 15) is 8.42 Å². The zero-order chi connectivity index (χ0) is 11.9. The molecule has 7 nitrogen and oxygen atoms in total. The Labute approximate surface area is 94.4 Å². The minimum absolute atomic E-state index is 0.0652. The van der Waals surface area contributed by atoms with Crippen LogP contribution in [-0.2, 0) is 14.8 Å². The van der Waals surface area contributed by atoms with E-state index in [0.29, 0.717) is 32.7 Å². The fourth-order valence-corrected chi connectivity index (χ4v) is 2.02. The van der Waals surface area contributed by atoms with E-state index in [0.717, 1.165) is 0 Å². The normalized spacial score (nSPS) is 11.8. The Kier molecular flexibility index (Phi) is 5.39. The zero-order valence-electron chi connectivity index (χ0n) is 8.85. The first kappa shape index (κ1) is 13.1. The zero-order valence-corrected chi connectivity index (χ0v) is 9.66. The highest BCUT2D eigenvalue weighted by Crippen LogP contribution is 2.01. The van der Waals surface area contributed by atoms with Crippen LogP contribution in [0.1, 0.15) is 6.42 Å². The van der Waals surface area contributed by atoms with E-state index >= 15 is 0 Å². The smallest absolute Gasteiger partial charge is 0.257 e. The standard InChI is InChI=1S/C8H16N4O3S/c9-3-7-15-6-1-4-11-16(13,14)8-2-5-10-12-8/h2,5,11H,1,3-4,6-7,9H2,(H,10,12). The van der Waals surface area contributed by atoms with Gasteiger partial charge in [0.25, 0.3) is 10.0 Å². The first-order valence-electron chi connectivity index (χ1n) is 4.93. The molecule has 0 saturated heterocycles. The number of sulfonamides is 1. The number of aromatic amines is 1. The Morgan fingerprint density at radius 3 is 2.94 bits per heavy atom. The molecule has 0 aliphatic carbocycles. The first-order valence-corrected chi connectivity index (χ1v) is 6.42. The van der Waals surface area contributed by atoms with Crippen LogP contribution < -0.4 is 10.5 Å². The van der Waals surface area contributed by atoms with E-state index in [4.69, 9.17) is 10.5 Å². The average Bonchev–Trinajstić information content (AvgIpc) is 2.77. The highest BCUT2D eigenvalue weighted by Gasteiger charge is 2.13. The Morgan fingerprint density at radius 2 is 2.31 bits per heavy atom. The van der Waals surface area contributed by atoms with E-state index in [-0.39, 0.29) is 5.03 Å². The van der Waals surface area contributed by atoms with Crippen LogP contribution in [0.25, 0.3) is 0 Å². The Morgan fingerprint density at radius 1 is 1.50 bits per heavy atom. The summed E-state index contributed by atoms with van der Waals surface area (Å²) >= 11 is 0. The number of nitrogens with one attached hydrogen (secondary N) is 2. The number of nitrogens with two attached hydrogens (primary N) is 1. The van der Waals surface area contributed by atoms with Crippen molar-refractivity contribution in [2.24, 2.45) is 5.73 Å². The minimum Gasteiger partial charge on any atom is -0.380 e. The lowest BCUT2D eigenvalue weighted by molar-refractivity contribution is 0.140. The average molecular weight is 248 g/mol. The summed E-state index contributed by atoms with van der Waals surface area (Å²) in [6, 6.07) is 1.40. The van der Waals surface area contributed by atoms with Gasteiger partial charge in [-0.05, 0) is 12.5 Å². The van der Waals surface area contributed by atoms with Crippen LogP contribution >= 0.6 is 0 Å². The fourth-order valence-electron chi connectivity index (χ4n) is 1.04. The summed E-state index contributed by atoms with van der Waals surface area (Å²) in [5.74, 6) is 0. The second kappa shape index (κ2) is 6.59. The van der Waals surface area contributed by atoms with Crippen LogP contribution in [0, 0.1) is 0 Å². The third-order valence-corrected chi connectivity index (χ3v) is 3.17. The van der Waals surface area contributed by atoms with Crippen molar-refractivity contribution >= 4 is 10.0 Å². The van der Waals surface area contributed by atoms with Gasteiger partial charge in [-0.25, -0.2) is 13.1 Å². The summed E-state index contributed by atoms with van der Waals surface area (Å²) in [4.78, 5) is 0. The largest absolute Gasteiger partial charge is 0.380 e. The molecule has 0 saturated carbocycles. The number of rotatable bonds is 8. The van der Waals surface area contributed by atoms with Crippen molar-refractivity contribution in [3.05, 3.63) is 12.3 Å². The lowest BCUT2D eigenvalue weighted by atomic mass is 10.5. The van der Waals surface area contributed by atoms with Crippen molar-refractivity contribution in [1.82, 2.24) is 14.9 Å². The van der Waals surface area contributed by atoms with Gasteiger partial charge in [0.2, 0.25) is 0 Å². The molecule has 0 fully saturated rings. The maximum atomic E-state index is 11.5. The molecule has 0 aliphatic rings. The molecule has 0 unspecified atom stereocenters. The van der Waals surface area contributed by atoms with Crippen LogP contribution in [-0.4, -0.2) is 44.9 Å². The molecular weight excluding hydrogens is 232 g/mol. The number of nitrogens with zero attached hydrogens (tertiary/aromatic N) is 1. The summed E-state index contributed by atoms with van der Waals surface area (Å²) < 4.78 is 30.6. The van der Waals surface area contributed by atoms with Gasteiger partial charge in [0, 0.05) is 19.7 Å². The summed E-state index contributed by atoms with van der Waals surface area (Å²) in [7, 11) is -3.46. The second-order valence-corrected chi connectivity index (χ2v) is 4.81. The van der Waals surface area contributed by atoms with Gasteiger partial charge in [-0.2, -0.15) is 5.10 Å². The van der Waals surface area contributed by atoms with Crippen LogP contribution in [0.4, 0.5) is 0 Å². The molecule has 1 rings (SSSR count). The Balaban J connectivity index is 2.22. The summed E-state index contributed by atoms with van der Waals surface area (Å²) in [5.41, 5.74) is 5.23. The summed E-state index contributed by atoms with van der Waals surface area (Å²) in [6.45, 7) is 1.78. The molecule has 1 aromatic rings. The highest BCUT2D eigenvalue weighted by molar-refractivity contribution is 7.89. The fraction of sp³-hybridized carbons (Fsp3) is 0.625. The van der Waals surface area contributed by atoms with Crippen molar-refractivity contribution in [3.8, 4) is 0 Å². The molecule has 0 aliphatic heterocycles. The van der Waals surface area contributed by atoms with Gasteiger partial charge in [0.15, 0.2) is 5.03 Å². The summed E-state index contributed by atoms with van der Waals surface area (Å²) in [6.07, 6.45) is 1.99. The monoisotopic (exact) mass is 248 g/mol. The molecule has 0 bridgehead atoms. The van der Waals surface area contributed by atoms with Gasteiger partial charge in [-0.1, -0.05) is 0 Å². The van der Waals surface area contributed by atoms with Gasteiger partial charge >= 0.3 is 0 Å². The molecule has 8 heteroatoms. The van der Waals surface area contributed by atoms with Gasteiger partial charge in [-0.3, -0.25) is 5.10 Å². The molecule has 92 valence electrons. The Hall–Kier alpha value is -0.960. The number of hydrogen-bond acceptors (Lipinski definition) is 5. The molecule has 1 heterocycles. The molecule has 1 aromatic heterocycles. The van der Waals surface area contributed by atoms with Crippen molar-refractivity contribution in [2.75, 3.05) is 26.3 Å². The highest BCUT2D eigenvalue weighted by atomic mass is 32.2. The summed E-state index contributed by atoms with van der Waals surface area (Å²) in [5, 5.41) is 6.03. The van der Waals surface area contributed by atoms with Gasteiger partial charge in [0.05, 0.1) is 12.8 Å². The Bertz CT molecular complexity index is 376. The van der Waals surface area contributed by atoms with Crippen LogP contribution in [0.3, 0.4) is 0 Å². The topological polar surface area (TPSA) is 110 Å². The predicted octanol–water partition coefficient (Wildman–Crippen LogP) is -0.947. The van der Waals surface area contributed by atoms with E-state index < -0.39 is 10.0 Å². The van der Waals surface area contributed by atoms with Gasteiger partial charge < -0.3 is 10.5 Å². The van der Waals surface area contributed by atoms with Crippen molar-refractivity contribution in [1.29, 1.82) is 0 Å². The molecule has 4 N–H and O–H groups in total. The second-order valence-electron chi connectivity index (χ2n) is 3.07. The molecule has 0 aromatic carbocycles. The third kappa shape index (κ3) is 4.27. The van der Waals surface area contributed by atoms with Crippen molar-refractivity contribution in [2.45, 2.75) is 11.4 Å². The van der Waals surface area contributed by atoms with Crippen LogP contribution in [0.2, 0.25) is 0 Å². The van der Waals surface area contributed by atoms with E-state index in [2.05, 4.69) is 14.9 Å². The molecule has 0 radical (unpaired) electrons. The quantitative estimate of drug-likeness (QED) is 0.514. The van der Waals surface area contributed by atoms with E-state index in [1.54, 1.807) is 0 Å². The number of hydrogen-bond donors (Lipinski definition) is 3. The molecule has 0 spiro atoms. The SMILES string of the molecule is NCCOCCCNS(=O)(=O)c1ccn[nH]1. The van der Waals surface area contributed by atoms with Gasteiger partial charge in [-0.15, -0.1) is 0 Å². The van der Waals surface area contributed by atoms with Gasteiger partial charge in [0.1, 0.15) is 0 Å². The van der Waals surface area contributed by atoms with E-state index in [1.165, 1.54) is 12.3 Å². The molecule has 0 atom stereocenters. The van der Waals surface area contributed by atoms with Crippen LogP contribution in [0.5, 0.6) is 0 Å². The third-order valence-electron chi connectivity index (χ3n) is 1.78. The lowest BCUT2D eigenvalue weighted by Crippen LogP contribution is -2.26. The maximum Gasteiger partial charge on any atom is 0.257 e. The maximum absolute atomic E-state index is 11.5. The first-order chi connectivity index (χ1) is 7.67. The molecular formula is C8H16N4O3S. The van der Waals surface area contributed by atoms with E-state index in [1.807, 2.05) is 0 Å². The van der Waals surface area contributed by atoms with Crippen molar-refractivity contribution in [3.63, 3.8) is 0 Å². The number of ether oxygens (including phenoxy) is 1. The lowest BCUT2D eigenvalue weighted by Gasteiger charge is -2.04. The molecule has 0 amide bonds. The molecule has 16 heavy (non-hydrogen) atoms. The predicted molar refractivity (Wildman–Crippen MR) is 58.3 cm³/mol. The van der Waals surface area contributed by atoms with Crippen molar-refractivity contribution < 1.29 is 13.2 Å². The number of H-pyrrole nitrogens is 1. The minimum atomic E-state index is -3.46. The number of aromatic nitrogens is 2. The van der Waals surface area contributed by atoms with Crippen LogP contribution in [0.15, 0.2) is 17.3 Å².